The zero-order valence-electron chi connectivity index (χ0n) is 18.5. The van der Waals surface area contributed by atoms with Crippen molar-refractivity contribution in [1.82, 2.24) is 5.32 Å². The molecule has 6 nitrogen and oxygen atoms in total. The van der Waals surface area contributed by atoms with Gasteiger partial charge >= 0.3 is 5.97 Å². The van der Waals surface area contributed by atoms with E-state index in [9.17, 15) is 9.59 Å². The second-order valence-corrected chi connectivity index (χ2v) is 7.62. The lowest BCUT2D eigenvalue weighted by atomic mass is 9.94. The molecule has 0 saturated carbocycles. The minimum atomic E-state index is -0.366. The summed E-state index contributed by atoms with van der Waals surface area (Å²) in [6.07, 6.45) is 3.65. The molecule has 2 aromatic rings. The number of carbonyl (C=O) groups excluding carboxylic acids is 2. The Balaban J connectivity index is 1.67. The van der Waals surface area contributed by atoms with Crippen LogP contribution >= 0.6 is 0 Å². The van der Waals surface area contributed by atoms with Crippen molar-refractivity contribution in [2.24, 2.45) is 0 Å². The monoisotopic (exact) mass is 423 g/mol. The Labute approximate surface area is 183 Å². The maximum absolute atomic E-state index is 12.2. The molecule has 1 N–H and O–H groups in total. The number of benzene rings is 2. The molecule has 6 heteroatoms. The van der Waals surface area contributed by atoms with E-state index in [0.29, 0.717) is 42.9 Å². The van der Waals surface area contributed by atoms with Gasteiger partial charge in [0, 0.05) is 24.1 Å². The topological polar surface area (TPSA) is 73.9 Å². The second-order valence-electron chi connectivity index (χ2n) is 7.62. The maximum Gasteiger partial charge on any atom is 0.342 e. The van der Waals surface area contributed by atoms with Gasteiger partial charge in [-0.05, 0) is 37.8 Å². The van der Waals surface area contributed by atoms with E-state index in [2.05, 4.69) is 11.4 Å². The number of esters is 1. The van der Waals surface area contributed by atoms with Gasteiger partial charge in [-0.25, -0.2) is 4.79 Å². The van der Waals surface area contributed by atoms with Crippen LogP contribution < -0.4 is 14.8 Å². The van der Waals surface area contributed by atoms with Crippen LogP contribution in [0.25, 0.3) is 0 Å². The van der Waals surface area contributed by atoms with E-state index in [4.69, 9.17) is 14.2 Å². The van der Waals surface area contributed by atoms with Gasteiger partial charge in [-0.3, -0.25) is 4.79 Å². The van der Waals surface area contributed by atoms with Gasteiger partial charge in [0.15, 0.2) is 0 Å². The average Bonchev–Trinajstić information content (AvgIpc) is 3.17. The van der Waals surface area contributed by atoms with Gasteiger partial charge < -0.3 is 19.5 Å². The number of amides is 1. The van der Waals surface area contributed by atoms with Crippen LogP contribution in [0.4, 0.5) is 0 Å². The zero-order valence-corrected chi connectivity index (χ0v) is 18.5. The van der Waals surface area contributed by atoms with Crippen LogP contribution in [0.2, 0.25) is 0 Å². The standard InChI is InChI=1S/C25H29NO5/c1-16(11-13-21(27)26-14-18-8-6-5-7-9-18)10-12-19-23(29-3)17(2)20-15-31-25(28)22(20)24(19)30-4/h5-10H,11-15H2,1-4H3,(H,26,27)/b16-10+. The van der Waals surface area contributed by atoms with Crippen molar-refractivity contribution in [1.29, 1.82) is 0 Å². The summed E-state index contributed by atoms with van der Waals surface area (Å²) in [6.45, 7) is 4.69. The maximum atomic E-state index is 12.2. The summed E-state index contributed by atoms with van der Waals surface area (Å²) >= 11 is 0. The van der Waals surface area contributed by atoms with Gasteiger partial charge in [-0.2, -0.15) is 0 Å². The van der Waals surface area contributed by atoms with Crippen molar-refractivity contribution in [3.8, 4) is 11.5 Å². The summed E-state index contributed by atoms with van der Waals surface area (Å²) in [4.78, 5) is 24.4. The van der Waals surface area contributed by atoms with E-state index in [0.717, 1.165) is 27.8 Å². The van der Waals surface area contributed by atoms with Gasteiger partial charge in [0.25, 0.3) is 0 Å². The lowest BCUT2D eigenvalue weighted by Crippen LogP contribution is -2.22. The third-order valence-corrected chi connectivity index (χ3v) is 5.56. The molecule has 1 aliphatic heterocycles. The van der Waals surface area contributed by atoms with Crippen molar-refractivity contribution in [3.63, 3.8) is 0 Å². The molecule has 0 radical (unpaired) electrons. The SMILES string of the molecule is COc1c(C)c2c(c(OC)c1C/C=C(\C)CCC(=O)NCc1ccccc1)C(=O)OC2. The highest BCUT2D eigenvalue weighted by Gasteiger charge is 2.32. The number of nitrogens with one attached hydrogen (secondary N) is 1. The fourth-order valence-electron chi connectivity index (χ4n) is 3.81. The molecule has 0 saturated heterocycles. The smallest absolute Gasteiger partial charge is 0.342 e. The van der Waals surface area contributed by atoms with Crippen LogP contribution in [0.3, 0.4) is 0 Å². The molecule has 0 fully saturated rings. The number of fused-ring (bicyclic) bond motifs is 1. The van der Waals surface area contributed by atoms with Crippen molar-refractivity contribution >= 4 is 11.9 Å². The molecular weight excluding hydrogens is 394 g/mol. The van der Waals surface area contributed by atoms with Gasteiger partial charge in [0.1, 0.15) is 23.7 Å². The molecule has 0 spiro atoms. The molecule has 2 aromatic carbocycles. The summed E-state index contributed by atoms with van der Waals surface area (Å²) in [6, 6.07) is 9.84. The Morgan fingerprint density at radius 2 is 1.84 bits per heavy atom. The predicted molar refractivity (Wildman–Crippen MR) is 118 cm³/mol. The molecule has 164 valence electrons. The Bertz CT molecular complexity index is 995. The van der Waals surface area contributed by atoms with Crippen LogP contribution in [-0.4, -0.2) is 26.1 Å². The van der Waals surface area contributed by atoms with Gasteiger partial charge in [-0.1, -0.05) is 42.0 Å². The Morgan fingerprint density at radius 3 is 2.52 bits per heavy atom. The first-order valence-electron chi connectivity index (χ1n) is 10.4. The van der Waals surface area contributed by atoms with E-state index in [-0.39, 0.29) is 18.5 Å². The molecule has 0 aromatic heterocycles. The largest absolute Gasteiger partial charge is 0.496 e. The van der Waals surface area contributed by atoms with Crippen LogP contribution in [0, 0.1) is 6.92 Å². The predicted octanol–water partition coefficient (Wildman–Crippen LogP) is 4.27. The van der Waals surface area contributed by atoms with E-state index in [1.165, 1.54) is 0 Å². The number of rotatable bonds is 9. The molecule has 31 heavy (non-hydrogen) atoms. The Kier molecular flexibility index (Phi) is 7.34. The number of carbonyl (C=O) groups is 2. The van der Waals surface area contributed by atoms with Crippen molar-refractivity contribution < 1.29 is 23.8 Å². The van der Waals surface area contributed by atoms with Crippen molar-refractivity contribution in [2.75, 3.05) is 14.2 Å². The van der Waals surface area contributed by atoms with Crippen LogP contribution in [0.5, 0.6) is 11.5 Å². The highest BCUT2D eigenvalue weighted by Crippen LogP contribution is 2.42. The highest BCUT2D eigenvalue weighted by molar-refractivity contribution is 5.98. The van der Waals surface area contributed by atoms with Gasteiger partial charge in [0.05, 0.1) is 14.2 Å². The minimum absolute atomic E-state index is 0.0166. The van der Waals surface area contributed by atoms with Gasteiger partial charge in [-0.15, -0.1) is 0 Å². The molecule has 0 aliphatic carbocycles. The summed E-state index contributed by atoms with van der Waals surface area (Å²) < 4.78 is 16.4. The quantitative estimate of drug-likeness (QED) is 0.482. The van der Waals surface area contributed by atoms with Crippen LogP contribution in [-0.2, 0) is 29.1 Å². The first kappa shape index (κ1) is 22.4. The fourth-order valence-corrected chi connectivity index (χ4v) is 3.81. The Hall–Kier alpha value is -3.28. The van der Waals surface area contributed by atoms with Crippen LogP contribution in [0.15, 0.2) is 42.0 Å². The molecule has 0 bridgehead atoms. The molecule has 1 amide bonds. The summed E-state index contributed by atoms with van der Waals surface area (Å²) in [5, 5.41) is 2.95. The fraction of sp³-hybridized carbons (Fsp3) is 0.360. The number of allylic oxidation sites excluding steroid dienone is 2. The lowest BCUT2D eigenvalue weighted by molar-refractivity contribution is -0.121. The first-order chi connectivity index (χ1) is 15.0. The van der Waals surface area contributed by atoms with Crippen LogP contribution in [0.1, 0.15) is 52.4 Å². The molecule has 1 heterocycles. The number of methoxy groups -OCH3 is 2. The third-order valence-electron chi connectivity index (χ3n) is 5.56. The first-order valence-corrected chi connectivity index (χ1v) is 10.4. The van der Waals surface area contributed by atoms with E-state index in [1.54, 1.807) is 14.2 Å². The average molecular weight is 424 g/mol. The molecule has 1 aliphatic rings. The normalized spacial score (nSPS) is 12.9. The molecule has 0 atom stereocenters. The number of ether oxygens (including phenoxy) is 3. The highest BCUT2D eigenvalue weighted by atomic mass is 16.5. The minimum Gasteiger partial charge on any atom is -0.496 e. The third kappa shape index (κ3) is 5.08. The van der Waals surface area contributed by atoms with Gasteiger partial charge in [0.2, 0.25) is 5.91 Å². The molecule has 0 unspecified atom stereocenters. The number of hydrogen-bond donors (Lipinski definition) is 1. The van der Waals surface area contributed by atoms with E-state index < -0.39 is 0 Å². The molecule has 3 rings (SSSR count). The summed E-state index contributed by atoms with van der Waals surface area (Å²) in [7, 11) is 3.16. The number of cyclic esters (lactones) is 1. The second kappa shape index (κ2) is 10.2. The van der Waals surface area contributed by atoms with E-state index in [1.807, 2.05) is 44.2 Å². The van der Waals surface area contributed by atoms with E-state index >= 15 is 0 Å². The summed E-state index contributed by atoms with van der Waals surface area (Å²) in [5.41, 5.74) is 5.17. The molecular formula is C25H29NO5. The summed E-state index contributed by atoms with van der Waals surface area (Å²) in [5.74, 6) is 0.862. The Morgan fingerprint density at radius 1 is 1.13 bits per heavy atom. The van der Waals surface area contributed by atoms with Crippen molar-refractivity contribution in [3.05, 3.63) is 69.8 Å². The zero-order chi connectivity index (χ0) is 22.4. The van der Waals surface area contributed by atoms with Crippen molar-refractivity contribution in [2.45, 2.75) is 46.3 Å². The lowest BCUT2D eigenvalue weighted by Gasteiger charge is -2.18. The number of hydrogen-bond acceptors (Lipinski definition) is 5.